The van der Waals surface area contributed by atoms with Crippen LogP contribution in [0.1, 0.15) is 36.3 Å². The molecule has 1 aromatic heterocycles. The maximum absolute atomic E-state index is 11.4. The highest BCUT2D eigenvalue weighted by molar-refractivity contribution is 6.32. The molecule has 0 saturated carbocycles. The van der Waals surface area contributed by atoms with Gasteiger partial charge in [-0.3, -0.25) is 0 Å². The van der Waals surface area contributed by atoms with E-state index in [1.807, 2.05) is 6.07 Å². The van der Waals surface area contributed by atoms with Crippen LogP contribution in [-0.2, 0) is 11.2 Å². The van der Waals surface area contributed by atoms with Crippen LogP contribution in [-0.4, -0.2) is 17.6 Å². The van der Waals surface area contributed by atoms with Gasteiger partial charge >= 0.3 is 5.97 Å². The Kier molecular flexibility index (Phi) is 4.56. The van der Waals surface area contributed by atoms with Gasteiger partial charge in [0.1, 0.15) is 5.15 Å². The Labute approximate surface area is 94.4 Å². The van der Waals surface area contributed by atoms with Crippen LogP contribution in [0.3, 0.4) is 0 Å². The highest BCUT2D eigenvalue weighted by Gasteiger charge is 2.12. The smallest absolute Gasteiger partial charge is 0.341 e. The largest absolute Gasteiger partial charge is 0.462 e. The predicted octanol–water partition coefficient (Wildman–Crippen LogP) is 2.86. The first-order chi connectivity index (χ1) is 7.19. The van der Waals surface area contributed by atoms with Crippen molar-refractivity contribution < 1.29 is 9.53 Å². The Balaban J connectivity index is 2.87. The summed E-state index contributed by atoms with van der Waals surface area (Å²) in [6, 6.07) is 3.47. The quantitative estimate of drug-likeness (QED) is 0.587. The first-order valence-corrected chi connectivity index (χ1v) is 5.39. The van der Waals surface area contributed by atoms with Crippen LogP contribution >= 0.6 is 11.6 Å². The summed E-state index contributed by atoms with van der Waals surface area (Å²) in [5.41, 5.74) is 1.23. The molecule has 0 aliphatic carbocycles. The van der Waals surface area contributed by atoms with Crippen LogP contribution < -0.4 is 0 Å². The summed E-state index contributed by atoms with van der Waals surface area (Å²) in [5, 5.41) is 0.222. The fourth-order valence-corrected chi connectivity index (χ4v) is 1.48. The van der Waals surface area contributed by atoms with E-state index in [1.165, 1.54) is 0 Å². The van der Waals surface area contributed by atoms with E-state index in [9.17, 15) is 4.79 Å². The summed E-state index contributed by atoms with van der Waals surface area (Å²) in [6.45, 7) is 4.16. The minimum Gasteiger partial charge on any atom is -0.462 e. The van der Waals surface area contributed by atoms with Crippen molar-refractivity contribution in [2.75, 3.05) is 6.61 Å². The van der Waals surface area contributed by atoms with E-state index in [2.05, 4.69) is 11.9 Å². The van der Waals surface area contributed by atoms with E-state index in [1.54, 1.807) is 13.0 Å². The number of carbonyl (C=O) groups is 1. The SMILES string of the molecule is CCCc1ccc(C(=O)OCC)c(Cl)n1. The molecular weight excluding hydrogens is 214 g/mol. The Bertz CT molecular complexity index is 352. The molecule has 1 aromatic rings. The van der Waals surface area contributed by atoms with Gasteiger partial charge in [0.05, 0.1) is 12.2 Å². The molecule has 0 unspecified atom stereocenters. The standard InChI is InChI=1S/C11H14ClNO2/c1-3-5-8-6-7-9(10(12)13-8)11(14)15-4-2/h6-7H,3-5H2,1-2H3. The van der Waals surface area contributed by atoms with E-state index < -0.39 is 5.97 Å². The number of aromatic nitrogens is 1. The van der Waals surface area contributed by atoms with Gasteiger partial charge in [-0.1, -0.05) is 24.9 Å². The van der Waals surface area contributed by atoms with Crippen LogP contribution in [0.2, 0.25) is 5.15 Å². The topological polar surface area (TPSA) is 39.2 Å². The summed E-state index contributed by atoms with van der Waals surface area (Å²) < 4.78 is 4.85. The molecule has 4 heteroatoms. The van der Waals surface area contributed by atoms with Crippen molar-refractivity contribution >= 4 is 17.6 Å². The Hall–Kier alpha value is -1.09. The molecule has 0 amide bonds. The number of hydrogen-bond acceptors (Lipinski definition) is 3. The molecule has 0 N–H and O–H groups in total. The van der Waals surface area contributed by atoms with Crippen LogP contribution in [0, 0.1) is 0 Å². The van der Waals surface area contributed by atoms with Gasteiger partial charge in [0.2, 0.25) is 0 Å². The molecule has 15 heavy (non-hydrogen) atoms. The number of rotatable bonds is 4. The predicted molar refractivity (Wildman–Crippen MR) is 59.2 cm³/mol. The molecule has 0 saturated heterocycles. The minimum absolute atomic E-state index is 0.222. The summed E-state index contributed by atoms with van der Waals surface area (Å²) >= 11 is 5.88. The van der Waals surface area contributed by atoms with Gasteiger partial charge in [-0.2, -0.15) is 0 Å². The van der Waals surface area contributed by atoms with Gasteiger partial charge in [-0.05, 0) is 25.5 Å². The average Bonchev–Trinajstić information content (AvgIpc) is 2.18. The molecule has 82 valence electrons. The Morgan fingerprint density at radius 2 is 2.20 bits per heavy atom. The molecular formula is C11H14ClNO2. The monoisotopic (exact) mass is 227 g/mol. The van der Waals surface area contributed by atoms with Gasteiger partial charge in [0.15, 0.2) is 0 Å². The molecule has 0 aliphatic rings. The van der Waals surface area contributed by atoms with Crippen molar-refractivity contribution in [3.63, 3.8) is 0 Å². The summed E-state index contributed by atoms with van der Waals surface area (Å²) in [7, 11) is 0. The van der Waals surface area contributed by atoms with Crippen LogP contribution in [0.15, 0.2) is 12.1 Å². The minimum atomic E-state index is -0.418. The lowest BCUT2D eigenvalue weighted by molar-refractivity contribution is 0.0526. The number of hydrogen-bond donors (Lipinski definition) is 0. The number of aryl methyl sites for hydroxylation is 1. The Morgan fingerprint density at radius 3 is 2.73 bits per heavy atom. The Morgan fingerprint density at radius 1 is 1.47 bits per heavy atom. The fraction of sp³-hybridized carbons (Fsp3) is 0.455. The molecule has 1 heterocycles. The number of esters is 1. The van der Waals surface area contributed by atoms with E-state index in [4.69, 9.17) is 16.3 Å². The zero-order valence-corrected chi connectivity index (χ0v) is 9.67. The van der Waals surface area contributed by atoms with Crippen LogP contribution in [0.4, 0.5) is 0 Å². The zero-order chi connectivity index (χ0) is 11.3. The van der Waals surface area contributed by atoms with Crippen molar-refractivity contribution in [2.24, 2.45) is 0 Å². The first-order valence-electron chi connectivity index (χ1n) is 5.01. The number of nitrogens with zero attached hydrogens (tertiary/aromatic N) is 1. The maximum atomic E-state index is 11.4. The third-order valence-electron chi connectivity index (χ3n) is 1.91. The molecule has 0 atom stereocenters. The van der Waals surface area contributed by atoms with Gasteiger partial charge in [-0.25, -0.2) is 9.78 Å². The molecule has 3 nitrogen and oxygen atoms in total. The lowest BCUT2D eigenvalue weighted by atomic mass is 10.2. The summed E-state index contributed by atoms with van der Waals surface area (Å²) in [6.07, 6.45) is 1.87. The molecule has 0 spiro atoms. The average molecular weight is 228 g/mol. The van der Waals surface area contributed by atoms with Crippen molar-refractivity contribution in [3.05, 3.63) is 28.5 Å². The van der Waals surface area contributed by atoms with E-state index in [0.29, 0.717) is 12.2 Å². The van der Waals surface area contributed by atoms with Crippen molar-refractivity contribution in [3.8, 4) is 0 Å². The zero-order valence-electron chi connectivity index (χ0n) is 8.92. The van der Waals surface area contributed by atoms with E-state index in [0.717, 1.165) is 18.5 Å². The lowest BCUT2D eigenvalue weighted by Crippen LogP contribution is -2.07. The van der Waals surface area contributed by atoms with Crippen molar-refractivity contribution in [1.82, 2.24) is 4.98 Å². The maximum Gasteiger partial charge on any atom is 0.341 e. The second kappa shape index (κ2) is 5.71. The highest BCUT2D eigenvalue weighted by atomic mass is 35.5. The van der Waals surface area contributed by atoms with Crippen LogP contribution in [0.25, 0.3) is 0 Å². The first kappa shape index (κ1) is 12.0. The van der Waals surface area contributed by atoms with E-state index >= 15 is 0 Å². The third kappa shape index (κ3) is 3.20. The second-order valence-electron chi connectivity index (χ2n) is 3.11. The molecule has 0 aromatic carbocycles. The molecule has 0 radical (unpaired) electrons. The lowest BCUT2D eigenvalue weighted by Gasteiger charge is -2.05. The van der Waals surface area contributed by atoms with Gasteiger partial charge in [-0.15, -0.1) is 0 Å². The normalized spacial score (nSPS) is 10.1. The van der Waals surface area contributed by atoms with Crippen LogP contribution in [0.5, 0.6) is 0 Å². The molecule has 0 aliphatic heterocycles. The number of carbonyl (C=O) groups excluding carboxylic acids is 1. The van der Waals surface area contributed by atoms with Gasteiger partial charge < -0.3 is 4.74 Å². The fourth-order valence-electron chi connectivity index (χ4n) is 1.23. The van der Waals surface area contributed by atoms with Crippen molar-refractivity contribution in [2.45, 2.75) is 26.7 Å². The highest BCUT2D eigenvalue weighted by Crippen LogP contribution is 2.15. The number of pyridine rings is 1. The number of ether oxygens (including phenoxy) is 1. The second-order valence-corrected chi connectivity index (χ2v) is 3.47. The van der Waals surface area contributed by atoms with E-state index in [-0.39, 0.29) is 5.15 Å². The third-order valence-corrected chi connectivity index (χ3v) is 2.20. The summed E-state index contributed by atoms with van der Waals surface area (Å²) in [5.74, 6) is -0.418. The number of halogens is 1. The molecule has 1 rings (SSSR count). The summed E-state index contributed by atoms with van der Waals surface area (Å²) in [4.78, 5) is 15.5. The van der Waals surface area contributed by atoms with Crippen molar-refractivity contribution in [1.29, 1.82) is 0 Å². The van der Waals surface area contributed by atoms with Gasteiger partial charge in [0, 0.05) is 5.69 Å². The molecule has 0 fully saturated rings. The molecule has 0 bridgehead atoms. The van der Waals surface area contributed by atoms with Gasteiger partial charge in [0.25, 0.3) is 0 Å².